The molecule has 43 heavy (non-hydrogen) atoms. The van der Waals surface area contributed by atoms with Crippen molar-refractivity contribution >= 4 is 40.3 Å². The van der Waals surface area contributed by atoms with Crippen molar-refractivity contribution in [1.82, 2.24) is 0 Å². The third-order valence-electron chi connectivity index (χ3n) is 9.92. The Bertz CT molecular complexity index is 1780. The molecule has 0 saturated heterocycles. The van der Waals surface area contributed by atoms with Crippen LogP contribution in [0.15, 0.2) is 139 Å². The molecule has 0 heterocycles. The van der Waals surface area contributed by atoms with Crippen LogP contribution < -0.4 is 5.19 Å². The Hall–Kier alpha value is -2.74. The van der Waals surface area contributed by atoms with Crippen LogP contribution in [0.4, 0.5) is 0 Å². The number of benzene rings is 5. The van der Waals surface area contributed by atoms with Gasteiger partial charge in [0.2, 0.25) is 0 Å². The Balaban J connectivity index is 1.41. The van der Waals surface area contributed by atoms with E-state index in [1.807, 2.05) is 0 Å². The zero-order chi connectivity index (χ0) is 29.8. The molecule has 4 heteroatoms. The van der Waals surface area contributed by atoms with Crippen LogP contribution in [0, 0.1) is 0 Å². The molecule has 7 rings (SSSR count). The molecule has 0 radical (unpaired) electrons. The molecule has 0 aromatic heterocycles. The second-order valence-electron chi connectivity index (χ2n) is 12.4. The van der Waals surface area contributed by atoms with Gasteiger partial charge in [-0.2, -0.15) is 0 Å². The first-order valence-electron chi connectivity index (χ1n) is 15.1. The SMILES string of the molecule is CC1=Cc2cc(-c3ccccc3)ccc2[CH]1[Zr]([Cl])([Cl])([CH]1C(C)=Cc2cc(-c3ccccc3)ccc21)[SiH](C)c1ccccc1. The standard InChI is InChI=1S/2C16H13.C7H9Si.2ClH.Zr/c2*1-12-9-14-7-8-15(11-16(14)10-12)13-5-3-2-4-6-13;1-8-7-5-3-2-4-6-7;;;/h2*2-11H,1H3;2-6,8H,1H3;2*1H;/q;;;;;+2/p-2. The second-order valence-corrected chi connectivity index (χ2v) is 52.6. The molecule has 0 N–H and O–H groups in total. The van der Waals surface area contributed by atoms with E-state index < -0.39 is 21.5 Å². The third-order valence-corrected chi connectivity index (χ3v) is 57.5. The molecule has 0 saturated carbocycles. The molecule has 3 unspecified atom stereocenters. The summed E-state index contributed by atoms with van der Waals surface area (Å²) in [6.07, 6.45) is 4.73. The molecule has 0 fully saturated rings. The van der Waals surface area contributed by atoms with Crippen molar-refractivity contribution in [2.45, 2.75) is 27.6 Å². The van der Waals surface area contributed by atoms with E-state index in [1.165, 1.54) is 60.8 Å². The van der Waals surface area contributed by atoms with Crippen LogP contribution in [0.25, 0.3) is 34.4 Å². The third kappa shape index (κ3) is 4.74. The van der Waals surface area contributed by atoms with Crippen LogP contribution in [0.5, 0.6) is 0 Å². The van der Waals surface area contributed by atoms with Gasteiger partial charge in [0.05, 0.1) is 0 Å². The van der Waals surface area contributed by atoms with Gasteiger partial charge in [-0.3, -0.25) is 0 Å². The number of halogens is 2. The summed E-state index contributed by atoms with van der Waals surface area (Å²) in [7, 11) is 17.2. The van der Waals surface area contributed by atoms with Crippen LogP contribution in [0.3, 0.4) is 0 Å². The van der Waals surface area contributed by atoms with Crippen LogP contribution in [0.1, 0.15) is 43.4 Å². The average Bonchev–Trinajstić information content (AvgIpc) is 3.57. The van der Waals surface area contributed by atoms with Gasteiger partial charge in [0.25, 0.3) is 0 Å². The summed E-state index contributed by atoms with van der Waals surface area (Å²) in [5, 5.41) is 1.36. The molecular formula is C39H35Cl2SiZr. The average molecular weight is 694 g/mol. The molecule has 213 valence electrons. The predicted octanol–water partition coefficient (Wildman–Crippen LogP) is 10.9. The van der Waals surface area contributed by atoms with E-state index >= 15 is 0 Å². The van der Waals surface area contributed by atoms with Gasteiger partial charge in [-0.25, -0.2) is 0 Å². The molecular weight excluding hydrogens is 659 g/mol. The Morgan fingerprint density at radius 2 is 0.907 bits per heavy atom. The zero-order valence-electron chi connectivity index (χ0n) is 24.8. The Kier molecular flexibility index (Phi) is 7.42. The first kappa shape index (κ1) is 29.0. The fraction of sp³-hybridized carbons (Fsp3) is 0.128. The van der Waals surface area contributed by atoms with E-state index in [1.54, 1.807) is 0 Å². The van der Waals surface area contributed by atoms with Crippen LogP contribution >= 0.6 is 17.0 Å². The van der Waals surface area contributed by atoms with Crippen molar-refractivity contribution in [2.75, 3.05) is 0 Å². The summed E-state index contributed by atoms with van der Waals surface area (Å²) in [6, 6.07) is 46.1. The summed E-state index contributed by atoms with van der Waals surface area (Å²) in [4.78, 5) is 0. The van der Waals surface area contributed by atoms with Gasteiger partial charge in [0.1, 0.15) is 0 Å². The first-order chi connectivity index (χ1) is 20.7. The molecule has 0 spiro atoms. The number of hydrogen-bond acceptors (Lipinski definition) is 0. The zero-order valence-corrected chi connectivity index (χ0v) is 29.9. The van der Waals surface area contributed by atoms with Gasteiger partial charge in [0.15, 0.2) is 0 Å². The van der Waals surface area contributed by atoms with Crippen molar-refractivity contribution in [1.29, 1.82) is 0 Å². The summed E-state index contributed by atoms with van der Waals surface area (Å²) in [5.74, 6) is -1.89. The minimum atomic E-state index is -4.91. The number of fused-ring (bicyclic) bond motifs is 2. The molecule has 0 amide bonds. The molecule has 3 atom stereocenters. The van der Waals surface area contributed by atoms with Gasteiger partial charge in [-0.15, -0.1) is 0 Å². The van der Waals surface area contributed by atoms with Crippen LogP contribution in [-0.4, -0.2) is 5.92 Å². The molecule has 5 aromatic carbocycles. The molecule has 0 bridgehead atoms. The van der Waals surface area contributed by atoms with Crippen molar-refractivity contribution in [2.24, 2.45) is 0 Å². The fourth-order valence-electron chi connectivity index (χ4n) is 7.88. The summed E-state index contributed by atoms with van der Waals surface area (Å²) >= 11 is -4.91. The van der Waals surface area contributed by atoms with E-state index in [0.717, 1.165) is 0 Å². The monoisotopic (exact) mass is 691 g/mol. The van der Waals surface area contributed by atoms with E-state index in [4.69, 9.17) is 17.0 Å². The maximum atomic E-state index is 8.61. The number of hydrogen-bond donors (Lipinski definition) is 0. The molecule has 2 aliphatic rings. The van der Waals surface area contributed by atoms with Crippen LogP contribution in [0.2, 0.25) is 6.55 Å². The van der Waals surface area contributed by atoms with Gasteiger partial charge >= 0.3 is 267 Å². The molecule has 0 aliphatic heterocycles. The molecule has 2 aliphatic carbocycles. The normalized spacial score (nSPS) is 19.0. The van der Waals surface area contributed by atoms with Gasteiger partial charge in [-0.05, 0) is 0 Å². The van der Waals surface area contributed by atoms with E-state index in [9.17, 15) is 0 Å². The summed E-state index contributed by atoms with van der Waals surface area (Å²) in [6.45, 7) is 6.97. The predicted molar refractivity (Wildman–Crippen MR) is 187 cm³/mol. The molecule has 0 nitrogen and oxygen atoms in total. The van der Waals surface area contributed by atoms with Gasteiger partial charge < -0.3 is 0 Å². The first-order valence-corrected chi connectivity index (χ1v) is 30.9. The van der Waals surface area contributed by atoms with Crippen molar-refractivity contribution in [3.63, 3.8) is 0 Å². The van der Waals surface area contributed by atoms with E-state index in [-0.39, 0.29) is 7.25 Å². The van der Waals surface area contributed by atoms with Crippen LogP contribution in [-0.2, 0) is 15.6 Å². The second kappa shape index (κ2) is 11.0. The topological polar surface area (TPSA) is 0 Å². The van der Waals surface area contributed by atoms with Crippen molar-refractivity contribution in [3.05, 3.63) is 161 Å². The number of rotatable bonds is 6. The Labute approximate surface area is 264 Å². The summed E-state index contributed by atoms with van der Waals surface area (Å²) in [5.41, 5.74) is 12.7. The summed E-state index contributed by atoms with van der Waals surface area (Å²) < 4.78 is 0.110. The van der Waals surface area contributed by atoms with Crippen molar-refractivity contribution < 1.29 is 15.6 Å². The maximum absolute atomic E-state index is 8.61. The quantitative estimate of drug-likeness (QED) is 0.155. The van der Waals surface area contributed by atoms with E-state index in [2.05, 4.69) is 160 Å². The Morgan fingerprint density at radius 1 is 0.512 bits per heavy atom. The number of allylic oxidation sites excluding steroid dienone is 2. The Morgan fingerprint density at radius 3 is 1.33 bits per heavy atom. The minimum absolute atomic E-state index is 0.0552. The molecule has 5 aromatic rings. The van der Waals surface area contributed by atoms with E-state index in [0.29, 0.717) is 0 Å². The van der Waals surface area contributed by atoms with Gasteiger partial charge in [0, 0.05) is 0 Å². The fourth-order valence-corrected chi connectivity index (χ4v) is 50.1. The van der Waals surface area contributed by atoms with Crippen molar-refractivity contribution in [3.8, 4) is 22.3 Å². The van der Waals surface area contributed by atoms with Gasteiger partial charge in [-0.1, -0.05) is 0 Å².